The van der Waals surface area contributed by atoms with E-state index in [0.29, 0.717) is 36.0 Å². The molecule has 0 spiro atoms. The van der Waals surface area contributed by atoms with Crippen molar-refractivity contribution >= 4 is 17.2 Å². The largest absolute Gasteiger partial charge is 0.493 e. The lowest BCUT2D eigenvalue weighted by atomic mass is 10.2. The summed E-state index contributed by atoms with van der Waals surface area (Å²) < 4.78 is 11.2. The van der Waals surface area contributed by atoms with Gasteiger partial charge in [-0.1, -0.05) is 12.1 Å². The fourth-order valence-corrected chi connectivity index (χ4v) is 2.89. The summed E-state index contributed by atoms with van der Waals surface area (Å²) in [6.07, 6.45) is 0. The molecule has 24 heavy (non-hydrogen) atoms. The summed E-state index contributed by atoms with van der Waals surface area (Å²) in [4.78, 5) is 16.7. The van der Waals surface area contributed by atoms with E-state index in [1.165, 1.54) is 0 Å². The van der Waals surface area contributed by atoms with Crippen LogP contribution in [0, 0.1) is 6.92 Å². The van der Waals surface area contributed by atoms with Crippen molar-refractivity contribution in [3.8, 4) is 17.2 Å². The van der Waals surface area contributed by atoms with E-state index < -0.39 is 0 Å². The van der Waals surface area contributed by atoms with Crippen LogP contribution in [0.5, 0.6) is 5.75 Å². The molecule has 6 heteroatoms. The van der Waals surface area contributed by atoms with Crippen LogP contribution >= 0.6 is 11.3 Å². The number of aromatic nitrogens is 1. The lowest BCUT2D eigenvalue weighted by Gasteiger charge is -2.09. The van der Waals surface area contributed by atoms with Crippen molar-refractivity contribution in [2.45, 2.75) is 20.4 Å². The standard InChI is InChI=1S/C18H18N2O3S/c1-3-22-16-7-5-4-6-14(16)18(21)19-10-13-8-9-17(23-13)15-11-24-12(2)20-15/h4-9,11H,3,10H2,1-2H3,(H,19,21). The normalized spacial score (nSPS) is 10.6. The van der Waals surface area contributed by atoms with Crippen LogP contribution in [0.3, 0.4) is 0 Å². The van der Waals surface area contributed by atoms with Crippen molar-refractivity contribution in [1.82, 2.24) is 10.3 Å². The molecule has 0 saturated carbocycles. The van der Waals surface area contributed by atoms with Crippen LogP contribution in [0.25, 0.3) is 11.5 Å². The molecule has 0 bridgehead atoms. The second-order valence-corrected chi connectivity index (χ2v) is 6.19. The Morgan fingerprint density at radius 3 is 2.88 bits per heavy atom. The summed E-state index contributed by atoms with van der Waals surface area (Å²) in [5.74, 6) is 1.77. The highest BCUT2D eigenvalue weighted by atomic mass is 32.1. The number of carbonyl (C=O) groups is 1. The summed E-state index contributed by atoms with van der Waals surface area (Å²) in [5, 5.41) is 5.80. The third kappa shape index (κ3) is 3.65. The molecule has 0 aliphatic carbocycles. The van der Waals surface area contributed by atoms with Crippen molar-refractivity contribution in [1.29, 1.82) is 0 Å². The minimum Gasteiger partial charge on any atom is -0.493 e. The van der Waals surface area contributed by atoms with Gasteiger partial charge in [-0.25, -0.2) is 4.98 Å². The van der Waals surface area contributed by atoms with Gasteiger partial charge in [0, 0.05) is 5.38 Å². The molecule has 0 saturated heterocycles. The Morgan fingerprint density at radius 1 is 1.29 bits per heavy atom. The number of benzene rings is 1. The monoisotopic (exact) mass is 342 g/mol. The molecule has 2 heterocycles. The van der Waals surface area contributed by atoms with E-state index in [9.17, 15) is 4.79 Å². The molecule has 3 aromatic rings. The maximum atomic E-state index is 12.4. The molecule has 3 rings (SSSR count). The van der Waals surface area contributed by atoms with Gasteiger partial charge in [0.1, 0.15) is 17.2 Å². The number of ether oxygens (including phenoxy) is 1. The minimum atomic E-state index is -0.193. The average Bonchev–Trinajstić information content (AvgIpc) is 3.22. The molecular formula is C18H18N2O3S. The maximum Gasteiger partial charge on any atom is 0.255 e. The van der Waals surface area contributed by atoms with E-state index in [1.807, 2.05) is 43.5 Å². The average molecular weight is 342 g/mol. The summed E-state index contributed by atoms with van der Waals surface area (Å²) in [6, 6.07) is 10.9. The molecule has 1 N–H and O–H groups in total. The SMILES string of the molecule is CCOc1ccccc1C(=O)NCc1ccc(-c2csc(C)n2)o1. The van der Waals surface area contributed by atoms with Gasteiger partial charge >= 0.3 is 0 Å². The predicted molar refractivity (Wildman–Crippen MR) is 93.3 cm³/mol. The number of carbonyl (C=O) groups excluding carboxylic acids is 1. The Balaban J connectivity index is 1.66. The second kappa shape index (κ2) is 7.31. The molecule has 0 radical (unpaired) electrons. The third-order valence-corrected chi connectivity index (χ3v) is 4.16. The number of hydrogen-bond acceptors (Lipinski definition) is 5. The Kier molecular flexibility index (Phi) is 4.96. The molecule has 0 aliphatic rings. The summed E-state index contributed by atoms with van der Waals surface area (Å²) >= 11 is 1.58. The van der Waals surface area contributed by atoms with Crippen LogP contribution in [-0.2, 0) is 6.54 Å². The van der Waals surface area contributed by atoms with Gasteiger partial charge in [0.05, 0.1) is 23.7 Å². The van der Waals surface area contributed by atoms with Crippen molar-refractivity contribution in [3.05, 3.63) is 58.1 Å². The highest BCUT2D eigenvalue weighted by molar-refractivity contribution is 7.09. The van der Waals surface area contributed by atoms with E-state index in [4.69, 9.17) is 9.15 Å². The molecule has 0 fully saturated rings. The third-order valence-electron chi connectivity index (χ3n) is 3.39. The number of para-hydroxylation sites is 1. The van der Waals surface area contributed by atoms with Crippen LogP contribution in [0.4, 0.5) is 0 Å². The number of nitrogens with one attached hydrogen (secondary N) is 1. The van der Waals surface area contributed by atoms with E-state index in [2.05, 4.69) is 10.3 Å². The molecule has 0 atom stereocenters. The van der Waals surface area contributed by atoms with E-state index in [-0.39, 0.29) is 5.91 Å². The number of rotatable bonds is 6. The highest BCUT2D eigenvalue weighted by Crippen LogP contribution is 2.24. The van der Waals surface area contributed by atoms with Crippen molar-refractivity contribution in [2.75, 3.05) is 6.61 Å². The number of thiazole rings is 1. The summed E-state index contributed by atoms with van der Waals surface area (Å²) in [7, 11) is 0. The first-order chi connectivity index (χ1) is 11.7. The van der Waals surface area contributed by atoms with Crippen LogP contribution in [0.1, 0.15) is 28.0 Å². The van der Waals surface area contributed by atoms with Gasteiger partial charge in [0.25, 0.3) is 5.91 Å². The first-order valence-corrected chi connectivity index (χ1v) is 8.56. The zero-order chi connectivity index (χ0) is 16.9. The molecule has 2 aromatic heterocycles. The first-order valence-electron chi connectivity index (χ1n) is 7.68. The molecule has 1 aromatic carbocycles. The van der Waals surface area contributed by atoms with Gasteiger partial charge in [-0.2, -0.15) is 0 Å². The van der Waals surface area contributed by atoms with Crippen LogP contribution in [0.15, 0.2) is 46.2 Å². The lowest BCUT2D eigenvalue weighted by molar-refractivity contribution is 0.0944. The Hall–Kier alpha value is -2.60. The second-order valence-electron chi connectivity index (χ2n) is 5.13. The van der Waals surface area contributed by atoms with Crippen molar-refractivity contribution in [3.63, 3.8) is 0 Å². The van der Waals surface area contributed by atoms with E-state index >= 15 is 0 Å². The number of furan rings is 1. The fourth-order valence-electron chi connectivity index (χ4n) is 2.29. The summed E-state index contributed by atoms with van der Waals surface area (Å²) in [6.45, 7) is 4.66. The van der Waals surface area contributed by atoms with Gasteiger partial charge in [-0.15, -0.1) is 11.3 Å². The topological polar surface area (TPSA) is 64.4 Å². The Morgan fingerprint density at radius 2 is 2.12 bits per heavy atom. The predicted octanol–water partition coefficient (Wildman–Crippen LogP) is 4.04. The van der Waals surface area contributed by atoms with Crippen LogP contribution in [-0.4, -0.2) is 17.5 Å². The van der Waals surface area contributed by atoms with Crippen LogP contribution in [0.2, 0.25) is 0 Å². The smallest absolute Gasteiger partial charge is 0.255 e. The zero-order valence-corrected chi connectivity index (χ0v) is 14.4. The number of hydrogen-bond donors (Lipinski definition) is 1. The van der Waals surface area contributed by atoms with Gasteiger partial charge < -0.3 is 14.5 Å². The Bertz CT molecular complexity index is 838. The van der Waals surface area contributed by atoms with Gasteiger partial charge in [-0.05, 0) is 38.1 Å². The summed E-state index contributed by atoms with van der Waals surface area (Å²) in [5.41, 5.74) is 1.33. The van der Waals surface area contributed by atoms with E-state index in [1.54, 1.807) is 23.5 Å². The quantitative estimate of drug-likeness (QED) is 0.734. The van der Waals surface area contributed by atoms with Crippen LogP contribution < -0.4 is 10.1 Å². The maximum absolute atomic E-state index is 12.4. The zero-order valence-electron chi connectivity index (χ0n) is 13.5. The lowest BCUT2D eigenvalue weighted by Crippen LogP contribution is -2.23. The van der Waals surface area contributed by atoms with Crippen molar-refractivity contribution < 1.29 is 13.9 Å². The number of aryl methyl sites for hydroxylation is 1. The molecule has 0 aliphatic heterocycles. The molecule has 5 nitrogen and oxygen atoms in total. The Labute approximate surface area is 144 Å². The molecule has 1 amide bonds. The van der Waals surface area contributed by atoms with Gasteiger partial charge in [-0.3, -0.25) is 4.79 Å². The van der Waals surface area contributed by atoms with E-state index in [0.717, 1.165) is 10.7 Å². The molecule has 0 unspecified atom stereocenters. The van der Waals surface area contributed by atoms with Crippen molar-refractivity contribution in [2.24, 2.45) is 0 Å². The number of nitrogens with zero attached hydrogens (tertiary/aromatic N) is 1. The molecular weight excluding hydrogens is 324 g/mol. The number of amides is 1. The van der Waals surface area contributed by atoms with Gasteiger partial charge in [0.15, 0.2) is 5.76 Å². The fraction of sp³-hybridized carbons (Fsp3) is 0.222. The first kappa shape index (κ1) is 16.3. The molecule has 124 valence electrons. The van der Waals surface area contributed by atoms with Gasteiger partial charge in [0.2, 0.25) is 0 Å². The minimum absolute atomic E-state index is 0.193. The highest BCUT2D eigenvalue weighted by Gasteiger charge is 2.13.